The molecule has 2 aliphatic rings. The van der Waals surface area contributed by atoms with Crippen LogP contribution in [0.4, 0.5) is 5.69 Å². The van der Waals surface area contributed by atoms with Gasteiger partial charge in [-0.3, -0.25) is 14.7 Å². The van der Waals surface area contributed by atoms with Gasteiger partial charge < -0.3 is 4.90 Å². The topological polar surface area (TPSA) is 36.4 Å². The van der Waals surface area contributed by atoms with E-state index in [0.29, 0.717) is 11.8 Å². The fraction of sp³-hybridized carbons (Fsp3) is 0.444. The first kappa shape index (κ1) is 14.8. The Kier molecular flexibility index (Phi) is 3.70. The molecule has 0 aliphatic carbocycles. The zero-order valence-corrected chi connectivity index (χ0v) is 14.1. The van der Waals surface area contributed by atoms with Crippen molar-refractivity contribution in [1.29, 1.82) is 0 Å². The van der Waals surface area contributed by atoms with Crippen molar-refractivity contribution in [2.24, 2.45) is 11.3 Å². The van der Waals surface area contributed by atoms with Crippen LogP contribution < -0.4 is 4.90 Å². The summed E-state index contributed by atoms with van der Waals surface area (Å²) in [4.78, 5) is 21.9. The fourth-order valence-electron chi connectivity index (χ4n) is 4.07. The highest BCUT2D eigenvalue weighted by Gasteiger charge is 2.55. The fourth-order valence-corrected chi connectivity index (χ4v) is 4.71. The Morgan fingerprint density at radius 1 is 1.39 bits per heavy atom. The molecule has 0 N–H and O–H groups in total. The van der Waals surface area contributed by atoms with Gasteiger partial charge in [0.15, 0.2) is 0 Å². The average Bonchev–Trinajstić information content (AvgIpc) is 3.24. The Labute approximate surface area is 140 Å². The second kappa shape index (κ2) is 5.73. The molecule has 2 saturated heterocycles. The van der Waals surface area contributed by atoms with E-state index in [1.165, 1.54) is 0 Å². The molecule has 23 heavy (non-hydrogen) atoms. The number of carbonyl (C=O) groups is 1. The van der Waals surface area contributed by atoms with Gasteiger partial charge >= 0.3 is 0 Å². The number of likely N-dealkylation sites (tertiary alicyclic amines) is 1. The number of carbonyl (C=O) groups excluding carboxylic acids is 1. The Hall–Kier alpha value is -1.72. The standard InChI is InChI=1S/C18H21N3OS/c1-14-10-20(11-15-4-2-3-7-19-15)13-18(14)6-8-21(17(18)22)16-5-9-23-12-16/h2-5,7,9,12,14H,6,8,10-11,13H2,1H3/t14-,18-/m1/s1. The summed E-state index contributed by atoms with van der Waals surface area (Å²) in [5, 5.41) is 4.11. The van der Waals surface area contributed by atoms with E-state index < -0.39 is 0 Å². The van der Waals surface area contributed by atoms with Crippen molar-refractivity contribution in [1.82, 2.24) is 9.88 Å². The van der Waals surface area contributed by atoms with Crippen LogP contribution in [-0.2, 0) is 11.3 Å². The lowest BCUT2D eigenvalue weighted by molar-refractivity contribution is -0.126. The van der Waals surface area contributed by atoms with Crippen molar-refractivity contribution in [3.8, 4) is 0 Å². The second-order valence-electron chi connectivity index (χ2n) is 6.74. The van der Waals surface area contributed by atoms with Gasteiger partial charge in [-0.2, -0.15) is 11.3 Å². The van der Waals surface area contributed by atoms with Crippen LogP contribution in [0.2, 0.25) is 0 Å². The Balaban J connectivity index is 1.52. The lowest BCUT2D eigenvalue weighted by Gasteiger charge is -2.26. The van der Waals surface area contributed by atoms with Crippen molar-refractivity contribution in [3.63, 3.8) is 0 Å². The van der Waals surface area contributed by atoms with Crippen LogP contribution in [0.25, 0.3) is 0 Å². The number of amides is 1. The summed E-state index contributed by atoms with van der Waals surface area (Å²) in [6.07, 6.45) is 2.80. The number of aromatic nitrogens is 1. The molecule has 1 spiro atoms. The molecule has 4 nitrogen and oxygen atoms in total. The Bertz CT molecular complexity index is 688. The molecule has 2 atom stereocenters. The first-order valence-corrected chi connectivity index (χ1v) is 9.10. The van der Waals surface area contributed by atoms with Gasteiger partial charge in [-0.1, -0.05) is 13.0 Å². The van der Waals surface area contributed by atoms with E-state index in [2.05, 4.69) is 28.3 Å². The average molecular weight is 327 g/mol. The van der Waals surface area contributed by atoms with E-state index in [1.807, 2.05) is 34.7 Å². The van der Waals surface area contributed by atoms with Gasteiger partial charge in [-0.15, -0.1) is 0 Å². The Morgan fingerprint density at radius 3 is 3.04 bits per heavy atom. The second-order valence-corrected chi connectivity index (χ2v) is 7.52. The van der Waals surface area contributed by atoms with E-state index in [-0.39, 0.29) is 5.41 Å². The monoisotopic (exact) mass is 327 g/mol. The molecule has 0 unspecified atom stereocenters. The minimum atomic E-state index is -0.212. The van der Waals surface area contributed by atoms with E-state index >= 15 is 0 Å². The van der Waals surface area contributed by atoms with Crippen LogP contribution in [0.5, 0.6) is 0 Å². The van der Waals surface area contributed by atoms with Gasteiger partial charge in [0.2, 0.25) is 5.91 Å². The van der Waals surface area contributed by atoms with Crippen molar-refractivity contribution < 1.29 is 4.79 Å². The molecule has 1 amide bonds. The molecule has 120 valence electrons. The van der Waals surface area contributed by atoms with Gasteiger partial charge in [-0.05, 0) is 35.9 Å². The number of rotatable bonds is 3. The number of hydrogen-bond donors (Lipinski definition) is 0. The summed E-state index contributed by atoms with van der Waals surface area (Å²) in [6.45, 7) is 5.73. The summed E-state index contributed by atoms with van der Waals surface area (Å²) >= 11 is 1.65. The summed E-state index contributed by atoms with van der Waals surface area (Å²) in [5.74, 6) is 0.703. The number of anilines is 1. The molecule has 5 heteroatoms. The molecule has 0 bridgehead atoms. The molecule has 2 aromatic heterocycles. The third kappa shape index (κ3) is 2.48. The van der Waals surface area contributed by atoms with E-state index in [1.54, 1.807) is 11.3 Å². The van der Waals surface area contributed by atoms with Gasteiger partial charge in [0, 0.05) is 37.8 Å². The molecule has 0 radical (unpaired) electrons. The van der Waals surface area contributed by atoms with E-state index in [0.717, 1.165) is 44.0 Å². The largest absolute Gasteiger partial charge is 0.311 e. The predicted octanol–water partition coefficient (Wildman–Crippen LogP) is 3.02. The molecule has 0 saturated carbocycles. The zero-order valence-electron chi connectivity index (χ0n) is 13.3. The van der Waals surface area contributed by atoms with Crippen LogP contribution in [0.3, 0.4) is 0 Å². The van der Waals surface area contributed by atoms with Crippen LogP contribution in [0.15, 0.2) is 41.2 Å². The van der Waals surface area contributed by atoms with Gasteiger partial charge in [0.1, 0.15) is 0 Å². The van der Waals surface area contributed by atoms with E-state index in [4.69, 9.17) is 0 Å². The SMILES string of the molecule is C[C@@H]1CN(Cc2ccccn2)C[C@]12CCN(c1ccsc1)C2=O. The van der Waals surface area contributed by atoms with E-state index in [9.17, 15) is 4.79 Å². The maximum absolute atomic E-state index is 13.1. The van der Waals surface area contributed by atoms with Crippen molar-refractivity contribution in [2.45, 2.75) is 19.9 Å². The van der Waals surface area contributed by atoms with Crippen molar-refractivity contribution in [2.75, 3.05) is 24.5 Å². The first-order valence-electron chi connectivity index (χ1n) is 8.15. The third-order valence-corrected chi connectivity index (χ3v) is 6.03. The highest BCUT2D eigenvalue weighted by Crippen LogP contribution is 2.46. The van der Waals surface area contributed by atoms with Crippen LogP contribution >= 0.6 is 11.3 Å². The summed E-state index contributed by atoms with van der Waals surface area (Å²) in [7, 11) is 0. The summed E-state index contributed by atoms with van der Waals surface area (Å²) < 4.78 is 0. The number of nitrogens with zero attached hydrogens (tertiary/aromatic N) is 3. The van der Waals surface area contributed by atoms with Crippen LogP contribution in [0, 0.1) is 11.3 Å². The normalized spacial score (nSPS) is 28.1. The van der Waals surface area contributed by atoms with Crippen LogP contribution in [-0.4, -0.2) is 35.4 Å². The first-order chi connectivity index (χ1) is 11.2. The number of pyridine rings is 1. The maximum Gasteiger partial charge on any atom is 0.234 e. The van der Waals surface area contributed by atoms with Crippen molar-refractivity contribution in [3.05, 3.63) is 46.9 Å². The molecular formula is C18H21N3OS. The smallest absolute Gasteiger partial charge is 0.234 e. The minimum absolute atomic E-state index is 0.212. The molecule has 0 aromatic carbocycles. The highest BCUT2D eigenvalue weighted by molar-refractivity contribution is 7.08. The lowest BCUT2D eigenvalue weighted by Crippen LogP contribution is -2.39. The van der Waals surface area contributed by atoms with Gasteiger partial charge in [-0.25, -0.2) is 0 Å². The number of hydrogen-bond acceptors (Lipinski definition) is 4. The van der Waals surface area contributed by atoms with Gasteiger partial charge in [0.05, 0.1) is 16.8 Å². The molecule has 4 heterocycles. The zero-order chi connectivity index (χ0) is 15.9. The molecule has 4 rings (SSSR count). The summed E-state index contributed by atoms with van der Waals surface area (Å²) in [5.41, 5.74) is 1.93. The predicted molar refractivity (Wildman–Crippen MR) is 92.4 cm³/mol. The summed E-state index contributed by atoms with van der Waals surface area (Å²) in [6, 6.07) is 8.07. The molecule has 2 aliphatic heterocycles. The number of thiophene rings is 1. The quantitative estimate of drug-likeness (QED) is 0.869. The molecular weight excluding hydrogens is 306 g/mol. The highest BCUT2D eigenvalue weighted by atomic mass is 32.1. The third-order valence-electron chi connectivity index (χ3n) is 5.36. The van der Waals surface area contributed by atoms with Crippen LogP contribution in [0.1, 0.15) is 19.0 Å². The lowest BCUT2D eigenvalue weighted by atomic mass is 9.78. The minimum Gasteiger partial charge on any atom is -0.311 e. The molecule has 2 fully saturated rings. The molecule has 2 aromatic rings. The maximum atomic E-state index is 13.1. The van der Waals surface area contributed by atoms with Crippen molar-refractivity contribution >= 4 is 22.9 Å². The Morgan fingerprint density at radius 2 is 2.30 bits per heavy atom. The van der Waals surface area contributed by atoms with Gasteiger partial charge in [0.25, 0.3) is 0 Å².